The van der Waals surface area contributed by atoms with Crippen LogP contribution in [0.2, 0.25) is 0 Å². The molecule has 0 aromatic heterocycles. The molecule has 0 aromatic carbocycles. The average Bonchev–Trinajstić information content (AvgIpc) is 2.05. The third-order valence-corrected chi connectivity index (χ3v) is 2.08. The molecule has 2 rings (SSSR count). The Balaban J connectivity index is 2.17. The van der Waals surface area contributed by atoms with Crippen LogP contribution in [0, 0.1) is 0 Å². The molecule has 10 heavy (non-hydrogen) atoms. The van der Waals surface area contributed by atoms with Crippen LogP contribution in [-0.2, 0) is 0 Å². The molecule has 2 nitrogen and oxygen atoms in total. The fourth-order valence-electron chi connectivity index (χ4n) is 1.48. The van der Waals surface area contributed by atoms with Crippen LogP contribution in [0.3, 0.4) is 0 Å². The van der Waals surface area contributed by atoms with Crippen LogP contribution in [0.15, 0.2) is 23.9 Å². The fraction of sp³-hybridized carbons (Fsp3) is 0.500. The largest absolute Gasteiger partial charge is 0.378 e. The van der Waals surface area contributed by atoms with E-state index in [0.29, 0.717) is 6.04 Å². The van der Waals surface area contributed by atoms with Crippen molar-refractivity contribution in [1.82, 2.24) is 10.6 Å². The summed E-state index contributed by atoms with van der Waals surface area (Å²) in [5.41, 5.74) is 1.49. The maximum atomic E-state index is 3.39. The van der Waals surface area contributed by atoms with Crippen molar-refractivity contribution in [2.75, 3.05) is 6.67 Å². The molecular formula is C8H12N2. The van der Waals surface area contributed by atoms with E-state index in [2.05, 4.69) is 29.0 Å². The zero-order valence-corrected chi connectivity index (χ0v) is 5.93. The van der Waals surface area contributed by atoms with Crippen LogP contribution in [0.5, 0.6) is 0 Å². The van der Waals surface area contributed by atoms with Crippen LogP contribution in [-0.4, -0.2) is 12.7 Å². The second kappa shape index (κ2) is 2.46. The molecule has 1 aliphatic carbocycles. The van der Waals surface area contributed by atoms with Crippen molar-refractivity contribution < 1.29 is 0 Å². The summed E-state index contributed by atoms with van der Waals surface area (Å²) in [5, 5.41) is 6.57. The minimum absolute atomic E-state index is 0.617. The summed E-state index contributed by atoms with van der Waals surface area (Å²) >= 11 is 0. The highest BCUT2D eigenvalue weighted by atomic mass is 15.1. The van der Waals surface area contributed by atoms with Crippen LogP contribution < -0.4 is 10.6 Å². The van der Waals surface area contributed by atoms with Gasteiger partial charge in [0.2, 0.25) is 0 Å². The summed E-state index contributed by atoms with van der Waals surface area (Å²) < 4.78 is 0. The molecule has 0 bridgehead atoms. The maximum absolute atomic E-state index is 3.39. The number of rotatable bonds is 0. The second-order valence-electron chi connectivity index (χ2n) is 2.77. The van der Waals surface area contributed by atoms with E-state index >= 15 is 0 Å². The monoisotopic (exact) mass is 136 g/mol. The first-order chi connectivity index (χ1) is 4.97. The van der Waals surface area contributed by atoms with Gasteiger partial charge in [-0.15, -0.1) is 0 Å². The highest BCUT2D eigenvalue weighted by Crippen LogP contribution is 2.18. The van der Waals surface area contributed by atoms with Gasteiger partial charge in [-0.2, -0.15) is 0 Å². The van der Waals surface area contributed by atoms with Gasteiger partial charge in [0.05, 0.1) is 6.67 Å². The van der Waals surface area contributed by atoms with Crippen LogP contribution in [0.25, 0.3) is 0 Å². The van der Waals surface area contributed by atoms with Gasteiger partial charge >= 0.3 is 0 Å². The van der Waals surface area contributed by atoms with Gasteiger partial charge in [0.1, 0.15) is 0 Å². The van der Waals surface area contributed by atoms with E-state index in [1.54, 1.807) is 0 Å². The molecule has 2 heteroatoms. The lowest BCUT2D eigenvalue weighted by molar-refractivity contribution is 0.508. The summed E-state index contributed by atoms with van der Waals surface area (Å²) in [6, 6.07) is 0.617. The molecular weight excluding hydrogens is 124 g/mol. The Labute approximate surface area is 61.0 Å². The van der Waals surface area contributed by atoms with Gasteiger partial charge in [-0.05, 0) is 24.6 Å². The van der Waals surface area contributed by atoms with Crippen molar-refractivity contribution in [3.63, 3.8) is 0 Å². The molecule has 2 N–H and O–H groups in total. The summed E-state index contributed by atoms with van der Waals surface area (Å²) in [6.07, 6.45) is 8.90. The van der Waals surface area contributed by atoms with Crippen molar-refractivity contribution in [2.45, 2.75) is 18.9 Å². The van der Waals surface area contributed by atoms with E-state index in [9.17, 15) is 0 Å². The Morgan fingerprint density at radius 1 is 1.40 bits per heavy atom. The SMILES string of the molecule is C1=CCC2NCNC=C2C1. The van der Waals surface area contributed by atoms with Gasteiger partial charge in [-0.1, -0.05) is 12.2 Å². The molecule has 2 aliphatic rings. The van der Waals surface area contributed by atoms with Gasteiger partial charge in [-0.25, -0.2) is 0 Å². The van der Waals surface area contributed by atoms with Crippen molar-refractivity contribution in [1.29, 1.82) is 0 Å². The Hall–Kier alpha value is -0.760. The average molecular weight is 136 g/mol. The zero-order chi connectivity index (χ0) is 6.81. The van der Waals surface area contributed by atoms with Crippen molar-refractivity contribution >= 4 is 0 Å². The molecule has 0 aromatic rings. The van der Waals surface area contributed by atoms with Gasteiger partial charge in [0.15, 0.2) is 0 Å². The van der Waals surface area contributed by atoms with Crippen molar-refractivity contribution in [2.24, 2.45) is 0 Å². The highest BCUT2D eigenvalue weighted by Gasteiger charge is 2.16. The first-order valence-electron chi connectivity index (χ1n) is 3.77. The molecule has 0 spiro atoms. The smallest absolute Gasteiger partial charge is 0.0652 e. The fourth-order valence-corrected chi connectivity index (χ4v) is 1.48. The molecule has 0 fully saturated rings. The number of fused-ring (bicyclic) bond motifs is 1. The molecule has 0 amide bonds. The minimum Gasteiger partial charge on any atom is -0.378 e. The third kappa shape index (κ3) is 0.948. The van der Waals surface area contributed by atoms with E-state index in [0.717, 1.165) is 19.5 Å². The summed E-state index contributed by atoms with van der Waals surface area (Å²) in [6.45, 7) is 0.919. The quantitative estimate of drug-likeness (QED) is 0.480. The predicted molar refractivity (Wildman–Crippen MR) is 41.4 cm³/mol. The first-order valence-corrected chi connectivity index (χ1v) is 3.77. The summed E-state index contributed by atoms with van der Waals surface area (Å²) in [4.78, 5) is 0. The van der Waals surface area contributed by atoms with Crippen LogP contribution in [0.4, 0.5) is 0 Å². The van der Waals surface area contributed by atoms with Crippen LogP contribution in [0.1, 0.15) is 12.8 Å². The van der Waals surface area contributed by atoms with Crippen LogP contribution >= 0.6 is 0 Å². The topological polar surface area (TPSA) is 24.1 Å². The van der Waals surface area contributed by atoms with Crippen molar-refractivity contribution in [3.05, 3.63) is 23.9 Å². The molecule has 0 saturated heterocycles. The Bertz CT molecular complexity index is 182. The lowest BCUT2D eigenvalue weighted by Gasteiger charge is -2.27. The molecule has 0 saturated carbocycles. The lowest BCUT2D eigenvalue weighted by atomic mass is 9.95. The van der Waals surface area contributed by atoms with E-state index in [1.807, 2.05) is 0 Å². The molecule has 54 valence electrons. The lowest BCUT2D eigenvalue weighted by Crippen LogP contribution is -2.41. The van der Waals surface area contributed by atoms with E-state index in [4.69, 9.17) is 0 Å². The normalized spacial score (nSPS) is 30.4. The standard InChI is InChI=1S/C8H12N2/c1-2-4-8-7(3-1)5-9-6-10-8/h1-2,5,8-10H,3-4,6H2. The predicted octanol–water partition coefficient (Wildman–Crippen LogP) is 0.739. The second-order valence-corrected chi connectivity index (χ2v) is 2.77. The molecule has 0 radical (unpaired) electrons. The first kappa shape index (κ1) is 5.98. The summed E-state index contributed by atoms with van der Waals surface area (Å²) in [7, 11) is 0. The highest BCUT2D eigenvalue weighted by molar-refractivity contribution is 5.21. The Kier molecular flexibility index (Phi) is 1.47. The van der Waals surface area contributed by atoms with Gasteiger partial charge in [-0.3, -0.25) is 5.32 Å². The Morgan fingerprint density at radius 3 is 3.30 bits per heavy atom. The minimum atomic E-state index is 0.617. The number of allylic oxidation sites excluding steroid dienone is 1. The molecule has 1 unspecified atom stereocenters. The van der Waals surface area contributed by atoms with E-state index in [-0.39, 0.29) is 0 Å². The third-order valence-electron chi connectivity index (χ3n) is 2.08. The zero-order valence-electron chi connectivity index (χ0n) is 5.93. The van der Waals surface area contributed by atoms with E-state index < -0.39 is 0 Å². The Morgan fingerprint density at radius 2 is 2.40 bits per heavy atom. The molecule has 1 atom stereocenters. The molecule has 1 aliphatic heterocycles. The number of hydrogen-bond donors (Lipinski definition) is 2. The van der Waals surface area contributed by atoms with Gasteiger partial charge in [0.25, 0.3) is 0 Å². The van der Waals surface area contributed by atoms with Crippen molar-refractivity contribution in [3.8, 4) is 0 Å². The number of nitrogens with one attached hydrogen (secondary N) is 2. The van der Waals surface area contributed by atoms with E-state index in [1.165, 1.54) is 5.57 Å². The molecule has 1 heterocycles. The van der Waals surface area contributed by atoms with Gasteiger partial charge in [0, 0.05) is 6.04 Å². The van der Waals surface area contributed by atoms with Gasteiger partial charge < -0.3 is 5.32 Å². The number of hydrogen-bond acceptors (Lipinski definition) is 2. The summed E-state index contributed by atoms with van der Waals surface area (Å²) in [5.74, 6) is 0. The maximum Gasteiger partial charge on any atom is 0.0652 e.